The smallest absolute Gasteiger partial charge is 0.406 e. The molecule has 1 unspecified atom stereocenters. The van der Waals surface area contributed by atoms with Crippen molar-refractivity contribution in [1.82, 2.24) is 20.4 Å². The summed E-state index contributed by atoms with van der Waals surface area (Å²) in [5.74, 6) is -1.57. The Kier molecular flexibility index (Phi) is 9.13. The fourth-order valence-electron chi connectivity index (χ4n) is 3.64. The Morgan fingerprint density at radius 3 is 2.48 bits per heavy atom. The molecule has 1 saturated carbocycles. The molecule has 3 rings (SSSR count). The molecular formula is C21H27F4N5O3. The highest BCUT2D eigenvalue weighted by Gasteiger charge is 2.39. The summed E-state index contributed by atoms with van der Waals surface area (Å²) in [6.07, 6.45) is -1.65. The number of urea groups is 2. The highest BCUT2D eigenvalue weighted by molar-refractivity contribution is 5.76. The lowest BCUT2D eigenvalue weighted by molar-refractivity contribution is -0.274. The van der Waals surface area contributed by atoms with Crippen LogP contribution < -0.4 is 15.4 Å². The minimum absolute atomic E-state index is 0.0456. The predicted molar refractivity (Wildman–Crippen MR) is 111 cm³/mol. The Labute approximate surface area is 189 Å². The maximum Gasteiger partial charge on any atom is 0.573 e. The zero-order valence-electron chi connectivity index (χ0n) is 18.4. The van der Waals surface area contributed by atoms with Crippen molar-refractivity contribution in [2.45, 2.75) is 57.6 Å². The van der Waals surface area contributed by atoms with E-state index in [9.17, 15) is 27.2 Å². The molecule has 1 saturated heterocycles. The molecular weight excluding hydrogens is 446 g/mol. The summed E-state index contributed by atoms with van der Waals surface area (Å²) in [6.45, 7) is 2.29. The molecule has 1 atom stereocenters. The molecule has 12 heteroatoms. The summed E-state index contributed by atoms with van der Waals surface area (Å²) in [5, 5.41) is 12.6. The molecule has 0 spiro atoms. The number of carbonyl (C=O) groups excluding carboxylic acids is 2. The fourth-order valence-corrected chi connectivity index (χ4v) is 3.64. The maximum atomic E-state index is 14.1. The molecule has 0 bridgehead atoms. The molecule has 1 aromatic carbocycles. The van der Waals surface area contributed by atoms with Crippen LogP contribution in [-0.4, -0.2) is 60.4 Å². The number of nitrogens with zero attached hydrogens (tertiary/aromatic N) is 3. The average Bonchev–Trinajstić information content (AvgIpc) is 3.57. The van der Waals surface area contributed by atoms with E-state index in [-0.39, 0.29) is 36.3 Å². The molecule has 1 aliphatic carbocycles. The molecule has 8 nitrogen and oxygen atoms in total. The van der Waals surface area contributed by atoms with E-state index in [1.807, 2.05) is 0 Å². The van der Waals surface area contributed by atoms with E-state index in [4.69, 9.17) is 5.26 Å². The van der Waals surface area contributed by atoms with Crippen LogP contribution in [0.3, 0.4) is 0 Å². The lowest BCUT2D eigenvalue weighted by atomic mass is 10.0. The van der Waals surface area contributed by atoms with Crippen LogP contribution in [-0.2, 0) is 6.54 Å². The molecule has 182 valence electrons. The second-order valence-corrected chi connectivity index (χ2v) is 7.62. The van der Waals surface area contributed by atoms with Crippen LogP contribution in [0.15, 0.2) is 18.2 Å². The van der Waals surface area contributed by atoms with Gasteiger partial charge in [-0.1, -0.05) is 6.07 Å². The first-order chi connectivity index (χ1) is 15.6. The van der Waals surface area contributed by atoms with Crippen LogP contribution in [0.2, 0.25) is 0 Å². The van der Waals surface area contributed by atoms with Crippen LogP contribution in [0.1, 0.15) is 38.2 Å². The molecule has 1 aromatic rings. The minimum Gasteiger partial charge on any atom is -0.406 e. The Morgan fingerprint density at radius 1 is 1.27 bits per heavy atom. The number of ether oxygens (including phenoxy) is 1. The van der Waals surface area contributed by atoms with E-state index in [2.05, 4.69) is 15.4 Å². The van der Waals surface area contributed by atoms with E-state index in [0.717, 1.165) is 37.8 Å². The normalized spacial score (nSPS) is 17.7. The summed E-state index contributed by atoms with van der Waals surface area (Å²) in [7, 11) is 1.55. The van der Waals surface area contributed by atoms with Gasteiger partial charge in [0, 0.05) is 51.3 Å². The van der Waals surface area contributed by atoms with Crippen LogP contribution in [0.4, 0.5) is 27.2 Å². The van der Waals surface area contributed by atoms with Gasteiger partial charge < -0.3 is 25.2 Å². The number of alkyl halides is 3. The fraction of sp³-hybridized carbons (Fsp3) is 0.571. The molecule has 2 N–H and O–H groups in total. The lowest BCUT2D eigenvalue weighted by Gasteiger charge is -2.39. The first-order valence-corrected chi connectivity index (χ1v) is 10.5. The number of piperidine rings is 1. The highest BCUT2D eigenvalue weighted by Crippen LogP contribution is 2.32. The van der Waals surface area contributed by atoms with Crippen molar-refractivity contribution < 1.29 is 31.9 Å². The minimum atomic E-state index is -4.91. The van der Waals surface area contributed by atoms with Crippen molar-refractivity contribution in [3.05, 3.63) is 29.6 Å². The number of nitriles is 1. The van der Waals surface area contributed by atoms with Crippen molar-refractivity contribution in [3.63, 3.8) is 0 Å². The van der Waals surface area contributed by atoms with Crippen molar-refractivity contribution in [2.75, 3.05) is 20.1 Å². The topological polar surface area (TPSA) is 97.7 Å². The Balaban J connectivity index is 0.00000122. The standard InChI is InChI=1S/C19H24F4N4O3.C2H3N/c1-24-17(28)26-8-2-3-14(11-26)27(13-5-6-13)18(29)25-10-12-4-7-15(9-16(12)20)30-19(21,22)23;1-2-3/h4,7,9,13-14H,2-3,5-6,8,10-11H2,1H3,(H,24,28)(H,25,29);1H3. The number of rotatable bonds is 5. The van der Waals surface area contributed by atoms with Crippen molar-refractivity contribution in [2.24, 2.45) is 0 Å². The largest absolute Gasteiger partial charge is 0.573 e. The van der Waals surface area contributed by atoms with Crippen LogP contribution in [0.5, 0.6) is 5.75 Å². The first-order valence-electron chi connectivity index (χ1n) is 10.5. The molecule has 0 aromatic heterocycles. The number of hydrogen-bond donors (Lipinski definition) is 2. The second-order valence-electron chi connectivity index (χ2n) is 7.62. The second kappa shape index (κ2) is 11.6. The zero-order valence-corrected chi connectivity index (χ0v) is 18.4. The van der Waals surface area contributed by atoms with Crippen LogP contribution in [0.25, 0.3) is 0 Å². The Morgan fingerprint density at radius 2 is 1.94 bits per heavy atom. The van der Waals surface area contributed by atoms with Crippen LogP contribution >= 0.6 is 0 Å². The molecule has 1 heterocycles. The number of hydrogen-bond acceptors (Lipinski definition) is 4. The van der Waals surface area contributed by atoms with Crippen LogP contribution in [0, 0.1) is 17.1 Å². The van der Waals surface area contributed by atoms with E-state index in [0.29, 0.717) is 19.2 Å². The van der Waals surface area contributed by atoms with E-state index >= 15 is 0 Å². The third-order valence-corrected chi connectivity index (χ3v) is 5.15. The highest BCUT2D eigenvalue weighted by atomic mass is 19.4. The van der Waals surface area contributed by atoms with Gasteiger partial charge in [0.2, 0.25) is 0 Å². The van der Waals surface area contributed by atoms with Gasteiger partial charge in [-0.25, -0.2) is 14.0 Å². The van der Waals surface area contributed by atoms with Crippen molar-refractivity contribution >= 4 is 12.1 Å². The molecule has 1 aliphatic heterocycles. The predicted octanol–water partition coefficient (Wildman–Crippen LogP) is 3.73. The van der Waals surface area contributed by atoms with Gasteiger partial charge in [-0.05, 0) is 31.7 Å². The SMILES string of the molecule is CC#N.CNC(=O)N1CCCC(N(C(=O)NCc2ccc(OC(F)(F)F)cc2F)C2CC2)C1. The van der Waals surface area contributed by atoms with E-state index in [1.165, 1.54) is 6.92 Å². The number of carbonyl (C=O) groups is 2. The van der Waals surface area contributed by atoms with E-state index < -0.39 is 17.9 Å². The summed E-state index contributed by atoms with van der Waals surface area (Å²) in [4.78, 5) is 28.1. The number of halogens is 4. The molecule has 4 amide bonds. The Bertz CT molecular complexity index is 870. The molecule has 0 radical (unpaired) electrons. The van der Waals surface area contributed by atoms with Gasteiger partial charge in [-0.3, -0.25) is 0 Å². The zero-order chi connectivity index (χ0) is 24.6. The monoisotopic (exact) mass is 473 g/mol. The van der Waals surface area contributed by atoms with Gasteiger partial charge in [0.15, 0.2) is 0 Å². The maximum absolute atomic E-state index is 14.1. The van der Waals surface area contributed by atoms with Gasteiger partial charge in [0.25, 0.3) is 0 Å². The quantitative estimate of drug-likeness (QED) is 0.637. The first kappa shape index (κ1) is 26.0. The molecule has 2 aliphatic rings. The van der Waals surface area contributed by atoms with E-state index in [1.54, 1.807) is 22.9 Å². The number of likely N-dealkylation sites (tertiary alicyclic amines) is 1. The number of amides is 4. The third kappa shape index (κ3) is 8.00. The third-order valence-electron chi connectivity index (χ3n) is 5.15. The summed E-state index contributed by atoms with van der Waals surface area (Å²) in [6, 6.07) is 3.89. The summed E-state index contributed by atoms with van der Waals surface area (Å²) < 4.78 is 54.5. The van der Waals surface area contributed by atoms with Gasteiger partial charge in [-0.15, -0.1) is 13.2 Å². The molecule has 2 fully saturated rings. The summed E-state index contributed by atoms with van der Waals surface area (Å²) >= 11 is 0. The van der Waals surface area contributed by atoms with Gasteiger partial charge in [-0.2, -0.15) is 5.26 Å². The Hall–Kier alpha value is -3.23. The average molecular weight is 473 g/mol. The van der Waals surface area contributed by atoms with Crippen molar-refractivity contribution in [3.8, 4) is 11.8 Å². The summed E-state index contributed by atoms with van der Waals surface area (Å²) in [5.41, 5.74) is 0.0456. The van der Waals surface area contributed by atoms with Gasteiger partial charge in [0.1, 0.15) is 11.6 Å². The van der Waals surface area contributed by atoms with Gasteiger partial charge in [0.05, 0.1) is 12.1 Å². The molecule has 33 heavy (non-hydrogen) atoms. The number of benzene rings is 1. The van der Waals surface area contributed by atoms with Crippen molar-refractivity contribution in [1.29, 1.82) is 5.26 Å². The van der Waals surface area contributed by atoms with Gasteiger partial charge >= 0.3 is 18.4 Å². The lowest BCUT2D eigenvalue weighted by Crippen LogP contribution is -2.56. The number of nitrogens with one attached hydrogen (secondary N) is 2.